The topological polar surface area (TPSA) is 80.9 Å². The minimum atomic E-state index is -0.177. The summed E-state index contributed by atoms with van der Waals surface area (Å²) in [5.41, 5.74) is 8.50. The molecule has 2 aromatic rings. The van der Waals surface area contributed by atoms with Gasteiger partial charge in [-0.2, -0.15) is 0 Å². The zero-order valence-electron chi connectivity index (χ0n) is 10.4. The van der Waals surface area contributed by atoms with Gasteiger partial charge in [0.15, 0.2) is 0 Å². The van der Waals surface area contributed by atoms with Gasteiger partial charge in [0.2, 0.25) is 0 Å². The Kier molecular flexibility index (Phi) is 4.11. The average Bonchev–Trinajstić information content (AvgIpc) is 2.41. The molecule has 1 heterocycles. The van der Waals surface area contributed by atoms with Crippen LogP contribution in [0.4, 0.5) is 5.69 Å². The zero-order valence-corrected chi connectivity index (χ0v) is 11.9. The molecule has 1 aromatic heterocycles. The highest BCUT2D eigenvalue weighted by Crippen LogP contribution is 2.22. The van der Waals surface area contributed by atoms with Crippen LogP contribution in [0.1, 0.15) is 21.6 Å². The average molecular weight is 321 g/mol. The van der Waals surface area contributed by atoms with Gasteiger partial charge in [0.05, 0.1) is 12.2 Å². The summed E-state index contributed by atoms with van der Waals surface area (Å²) in [6.07, 6.45) is 3.08. The molecule has 98 valence electrons. The number of anilines is 1. The first-order valence-electron chi connectivity index (χ1n) is 5.66. The minimum absolute atomic E-state index is 0.177. The van der Waals surface area contributed by atoms with E-state index in [9.17, 15) is 4.79 Å². The fourth-order valence-corrected chi connectivity index (χ4v) is 2.10. The van der Waals surface area contributed by atoms with E-state index in [1.54, 1.807) is 24.4 Å². The number of nitrogen functional groups attached to an aromatic ring is 1. The van der Waals surface area contributed by atoms with Gasteiger partial charge in [-0.15, -0.1) is 0 Å². The quantitative estimate of drug-likeness (QED) is 0.848. The first-order valence-corrected chi connectivity index (χ1v) is 6.46. The van der Waals surface area contributed by atoms with Gasteiger partial charge >= 0.3 is 0 Å². The van der Waals surface area contributed by atoms with Crippen LogP contribution in [0.15, 0.2) is 35.2 Å². The number of hydrogen-bond donors (Lipinski definition) is 2. The van der Waals surface area contributed by atoms with Gasteiger partial charge in [-0.3, -0.25) is 4.79 Å². The molecule has 0 aliphatic carbocycles. The number of carbonyl (C=O) groups is 1. The number of halogens is 1. The van der Waals surface area contributed by atoms with Crippen LogP contribution in [0.25, 0.3) is 0 Å². The second-order valence-corrected chi connectivity index (χ2v) is 4.97. The Morgan fingerprint density at radius 2 is 2.26 bits per heavy atom. The maximum absolute atomic E-state index is 12.1. The maximum atomic E-state index is 12.1. The predicted octanol–water partition coefficient (Wildman–Crippen LogP) is 2.06. The summed E-state index contributed by atoms with van der Waals surface area (Å²) < 4.78 is 0.780. The van der Waals surface area contributed by atoms with Crippen LogP contribution in [0.5, 0.6) is 0 Å². The normalized spacial score (nSPS) is 10.2. The summed E-state index contributed by atoms with van der Waals surface area (Å²) in [6.45, 7) is 2.18. The van der Waals surface area contributed by atoms with Crippen molar-refractivity contribution in [3.63, 3.8) is 0 Å². The molecule has 0 radical (unpaired) electrons. The highest BCUT2D eigenvalue weighted by atomic mass is 79.9. The molecular formula is C13H13BrN4O. The number of hydrogen-bond acceptors (Lipinski definition) is 4. The number of nitrogens with two attached hydrogens (primary N) is 1. The van der Waals surface area contributed by atoms with Gasteiger partial charge < -0.3 is 11.1 Å². The van der Waals surface area contributed by atoms with Crippen molar-refractivity contribution in [1.82, 2.24) is 15.3 Å². The van der Waals surface area contributed by atoms with Gasteiger partial charge in [0.1, 0.15) is 6.33 Å². The van der Waals surface area contributed by atoms with Crippen molar-refractivity contribution in [3.05, 3.63) is 52.0 Å². The van der Waals surface area contributed by atoms with Crippen LogP contribution in [0, 0.1) is 6.92 Å². The van der Waals surface area contributed by atoms with E-state index in [1.807, 2.05) is 6.92 Å². The SMILES string of the molecule is Cc1c(N)cc(Br)cc1C(=O)NCc1ccncn1. The van der Waals surface area contributed by atoms with Crippen LogP contribution in [-0.2, 0) is 6.54 Å². The largest absolute Gasteiger partial charge is 0.398 e. The van der Waals surface area contributed by atoms with Gasteiger partial charge in [0.25, 0.3) is 5.91 Å². The van der Waals surface area contributed by atoms with Gasteiger partial charge in [-0.1, -0.05) is 15.9 Å². The van der Waals surface area contributed by atoms with Crippen molar-refractivity contribution >= 4 is 27.5 Å². The summed E-state index contributed by atoms with van der Waals surface area (Å²) in [5.74, 6) is -0.177. The van der Waals surface area contributed by atoms with E-state index >= 15 is 0 Å². The molecular weight excluding hydrogens is 308 g/mol. The summed E-state index contributed by atoms with van der Waals surface area (Å²) in [4.78, 5) is 20.0. The molecule has 0 unspecified atom stereocenters. The van der Waals surface area contributed by atoms with E-state index in [1.165, 1.54) is 6.33 Å². The van der Waals surface area contributed by atoms with Crippen molar-refractivity contribution in [3.8, 4) is 0 Å². The Morgan fingerprint density at radius 1 is 1.47 bits per heavy atom. The fourth-order valence-electron chi connectivity index (χ4n) is 1.62. The Bertz CT molecular complexity index is 601. The van der Waals surface area contributed by atoms with E-state index in [-0.39, 0.29) is 5.91 Å². The van der Waals surface area contributed by atoms with E-state index in [4.69, 9.17) is 5.73 Å². The molecule has 19 heavy (non-hydrogen) atoms. The van der Waals surface area contributed by atoms with Crippen LogP contribution in [0.2, 0.25) is 0 Å². The van der Waals surface area contributed by atoms with Crippen LogP contribution in [0.3, 0.4) is 0 Å². The lowest BCUT2D eigenvalue weighted by molar-refractivity contribution is 0.0950. The zero-order chi connectivity index (χ0) is 13.8. The van der Waals surface area contributed by atoms with E-state index in [0.717, 1.165) is 15.7 Å². The smallest absolute Gasteiger partial charge is 0.251 e. The first kappa shape index (κ1) is 13.5. The molecule has 0 fully saturated rings. The Labute approximate surface area is 119 Å². The molecule has 0 aliphatic heterocycles. The molecule has 1 amide bonds. The maximum Gasteiger partial charge on any atom is 0.251 e. The third kappa shape index (κ3) is 3.29. The van der Waals surface area contributed by atoms with Crippen LogP contribution >= 0.6 is 15.9 Å². The molecule has 5 nitrogen and oxygen atoms in total. The lowest BCUT2D eigenvalue weighted by Gasteiger charge is -2.10. The third-order valence-electron chi connectivity index (χ3n) is 2.73. The van der Waals surface area contributed by atoms with Crippen LogP contribution in [-0.4, -0.2) is 15.9 Å². The number of benzene rings is 1. The first-order chi connectivity index (χ1) is 9.08. The number of aromatic nitrogens is 2. The molecule has 2 rings (SSSR count). The number of rotatable bonds is 3. The second kappa shape index (κ2) is 5.79. The molecule has 3 N–H and O–H groups in total. The monoisotopic (exact) mass is 320 g/mol. The molecule has 0 atom stereocenters. The second-order valence-electron chi connectivity index (χ2n) is 4.05. The van der Waals surface area contributed by atoms with Crippen molar-refractivity contribution in [1.29, 1.82) is 0 Å². The summed E-state index contributed by atoms with van der Waals surface area (Å²) in [7, 11) is 0. The Balaban J connectivity index is 2.13. The fraction of sp³-hybridized carbons (Fsp3) is 0.154. The number of nitrogens with zero attached hydrogens (tertiary/aromatic N) is 2. The van der Waals surface area contributed by atoms with Gasteiger partial charge in [-0.25, -0.2) is 9.97 Å². The molecule has 1 aromatic carbocycles. The number of carbonyl (C=O) groups excluding carboxylic acids is 1. The summed E-state index contributed by atoms with van der Waals surface area (Å²) in [5, 5.41) is 2.80. The van der Waals surface area contributed by atoms with E-state index < -0.39 is 0 Å². The van der Waals surface area contributed by atoms with Crippen molar-refractivity contribution in [2.75, 3.05) is 5.73 Å². The number of nitrogens with one attached hydrogen (secondary N) is 1. The van der Waals surface area contributed by atoms with Crippen molar-refractivity contribution in [2.45, 2.75) is 13.5 Å². The highest BCUT2D eigenvalue weighted by molar-refractivity contribution is 9.10. The lowest BCUT2D eigenvalue weighted by Crippen LogP contribution is -2.24. The Hall–Kier alpha value is -1.95. The standard InChI is InChI=1S/C13H13BrN4O/c1-8-11(4-9(14)5-12(8)15)13(19)17-6-10-2-3-16-7-18-10/h2-5,7H,6,15H2,1H3,(H,17,19). The van der Waals surface area contributed by atoms with Gasteiger partial charge in [-0.05, 0) is 30.7 Å². The van der Waals surface area contributed by atoms with Crippen LogP contribution < -0.4 is 11.1 Å². The molecule has 0 bridgehead atoms. The third-order valence-corrected chi connectivity index (χ3v) is 3.19. The molecule has 0 aliphatic rings. The van der Waals surface area contributed by atoms with Gasteiger partial charge in [0, 0.05) is 21.9 Å². The van der Waals surface area contributed by atoms with Crippen molar-refractivity contribution in [2.24, 2.45) is 0 Å². The molecule has 6 heteroatoms. The van der Waals surface area contributed by atoms with Crippen molar-refractivity contribution < 1.29 is 4.79 Å². The predicted molar refractivity (Wildman–Crippen MR) is 76.5 cm³/mol. The van der Waals surface area contributed by atoms with E-state index in [2.05, 4.69) is 31.2 Å². The molecule has 0 spiro atoms. The summed E-state index contributed by atoms with van der Waals surface area (Å²) in [6, 6.07) is 5.28. The molecule has 0 saturated carbocycles. The Morgan fingerprint density at radius 3 is 2.95 bits per heavy atom. The highest BCUT2D eigenvalue weighted by Gasteiger charge is 2.12. The lowest BCUT2D eigenvalue weighted by atomic mass is 10.1. The summed E-state index contributed by atoms with van der Waals surface area (Å²) >= 11 is 3.33. The van der Waals surface area contributed by atoms with E-state index in [0.29, 0.717) is 17.8 Å². The molecule has 0 saturated heterocycles. The minimum Gasteiger partial charge on any atom is -0.398 e. The number of amides is 1.